The zero-order chi connectivity index (χ0) is 11.4. The molecule has 0 fully saturated rings. The highest BCUT2D eigenvalue weighted by Crippen LogP contribution is 2.17. The van der Waals surface area contributed by atoms with Gasteiger partial charge in [-0.25, -0.2) is 0 Å². The molecule has 2 aromatic carbocycles. The van der Waals surface area contributed by atoms with Gasteiger partial charge in [0.25, 0.3) is 5.24 Å². The third kappa shape index (κ3) is 2.61. The van der Waals surface area contributed by atoms with Gasteiger partial charge in [-0.05, 0) is 48.0 Å². The molecule has 0 radical (unpaired) electrons. The van der Waals surface area contributed by atoms with E-state index in [0.717, 1.165) is 11.4 Å². The van der Waals surface area contributed by atoms with Gasteiger partial charge in [-0.3, -0.25) is 4.79 Å². The molecule has 0 saturated heterocycles. The van der Waals surface area contributed by atoms with Crippen LogP contribution in [0.4, 0.5) is 11.4 Å². The molecule has 2 rings (SSSR count). The molecule has 0 heterocycles. The minimum absolute atomic E-state index is 0.439. The molecule has 0 atom stereocenters. The summed E-state index contributed by atoms with van der Waals surface area (Å²) in [5.74, 6) is 0. The summed E-state index contributed by atoms with van der Waals surface area (Å²) >= 11 is 5.36. The van der Waals surface area contributed by atoms with Crippen molar-refractivity contribution in [3.8, 4) is 0 Å². The first-order chi connectivity index (χ1) is 7.75. The first-order valence-electron chi connectivity index (χ1n) is 4.88. The fraction of sp³-hybridized carbons (Fsp3) is 0. The van der Waals surface area contributed by atoms with Crippen LogP contribution in [0.5, 0.6) is 0 Å². The summed E-state index contributed by atoms with van der Waals surface area (Å²) in [6.07, 6.45) is 0. The van der Waals surface area contributed by atoms with E-state index in [2.05, 4.69) is 5.32 Å². The summed E-state index contributed by atoms with van der Waals surface area (Å²) < 4.78 is 0. The van der Waals surface area contributed by atoms with Crippen molar-refractivity contribution < 1.29 is 4.79 Å². The topological polar surface area (TPSA) is 29.1 Å². The lowest BCUT2D eigenvalue weighted by molar-refractivity contribution is 0.108. The third-order valence-corrected chi connectivity index (χ3v) is 2.39. The number of nitrogens with one attached hydrogen (secondary N) is 1. The Kier molecular flexibility index (Phi) is 3.22. The maximum absolute atomic E-state index is 10.9. The first kappa shape index (κ1) is 10.7. The van der Waals surface area contributed by atoms with Crippen molar-refractivity contribution in [2.75, 3.05) is 5.32 Å². The molecule has 0 aliphatic carbocycles. The quantitative estimate of drug-likeness (QED) is 0.814. The minimum Gasteiger partial charge on any atom is -0.356 e. The van der Waals surface area contributed by atoms with Gasteiger partial charge < -0.3 is 5.32 Å². The van der Waals surface area contributed by atoms with E-state index in [1.807, 2.05) is 42.5 Å². The number of para-hydroxylation sites is 1. The van der Waals surface area contributed by atoms with E-state index in [1.54, 1.807) is 12.1 Å². The maximum Gasteiger partial charge on any atom is 0.252 e. The molecule has 3 heteroatoms. The Bertz CT molecular complexity index is 479. The van der Waals surface area contributed by atoms with E-state index in [0.29, 0.717) is 5.56 Å². The Balaban J connectivity index is 2.14. The molecule has 0 spiro atoms. The number of hydrogen-bond acceptors (Lipinski definition) is 2. The van der Waals surface area contributed by atoms with Crippen LogP contribution in [0, 0.1) is 0 Å². The lowest BCUT2D eigenvalue weighted by Gasteiger charge is -2.05. The van der Waals surface area contributed by atoms with Gasteiger partial charge in [0.05, 0.1) is 0 Å². The van der Waals surface area contributed by atoms with Gasteiger partial charge in [0.15, 0.2) is 0 Å². The molecule has 1 N–H and O–H groups in total. The highest BCUT2D eigenvalue weighted by atomic mass is 35.5. The fourth-order valence-corrected chi connectivity index (χ4v) is 1.50. The van der Waals surface area contributed by atoms with Crippen LogP contribution in [0.1, 0.15) is 10.4 Å². The third-order valence-electron chi connectivity index (χ3n) is 2.17. The van der Waals surface area contributed by atoms with Gasteiger partial charge in [0.1, 0.15) is 0 Å². The lowest BCUT2D eigenvalue weighted by atomic mass is 10.2. The van der Waals surface area contributed by atoms with Crippen molar-refractivity contribution in [1.29, 1.82) is 0 Å². The van der Waals surface area contributed by atoms with Crippen molar-refractivity contribution in [2.45, 2.75) is 0 Å². The lowest BCUT2D eigenvalue weighted by Crippen LogP contribution is -1.92. The first-order valence-corrected chi connectivity index (χ1v) is 5.25. The summed E-state index contributed by atoms with van der Waals surface area (Å²) in [4.78, 5) is 10.9. The molecule has 2 nitrogen and oxygen atoms in total. The van der Waals surface area contributed by atoms with E-state index in [-0.39, 0.29) is 0 Å². The minimum atomic E-state index is -0.439. The summed E-state index contributed by atoms with van der Waals surface area (Å²) in [5.41, 5.74) is 2.43. The standard InChI is InChI=1S/C13H10ClNO/c14-13(16)10-6-8-12(9-7-10)15-11-4-2-1-3-5-11/h1-9,15H. The van der Waals surface area contributed by atoms with Crippen LogP contribution in [0.3, 0.4) is 0 Å². The molecule has 0 unspecified atom stereocenters. The van der Waals surface area contributed by atoms with Crippen molar-refractivity contribution in [3.63, 3.8) is 0 Å². The van der Waals surface area contributed by atoms with Crippen LogP contribution < -0.4 is 5.32 Å². The number of anilines is 2. The van der Waals surface area contributed by atoms with Crippen LogP contribution >= 0.6 is 11.6 Å². The van der Waals surface area contributed by atoms with Crippen molar-refractivity contribution in [1.82, 2.24) is 0 Å². The summed E-state index contributed by atoms with van der Waals surface area (Å²) in [5, 5.41) is 2.78. The van der Waals surface area contributed by atoms with Crippen LogP contribution in [0.15, 0.2) is 54.6 Å². The van der Waals surface area contributed by atoms with Gasteiger partial charge in [-0.2, -0.15) is 0 Å². The second kappa shape index (κ2) is 4.81. The molecule has 0 amide bonds. The second-order valence-electron chi connectivity index (χ2n) is 3.34. The summed E-state index contributed by atoms with van der Waals surface area (Å²) in [6.45, 7) is 0. The number of halogens is 1. The molecular formula is C13H10ClNO. The highest BCUT2D eigenvalue weighted by Gasteiger charge is 2.00. The van der Waals surface area contributed by atoms with Crippen LogP contribution in [-0.2, 0) is 0 Å². The van der Waals surface area contributed by atoms with Crippen LogP contribution in [0.25, 0.3) is 0 Å². The van der Waals surface area contributed by atoms with Gasteiger partial charge in [0, 0.05) is 16.9 Å². The fourth-order valence-electron chi connectivity index (χ4n) is 1.37. The largest absolute Gasteiger partial charge is 0.356 e. The Hall–Kier alpha value is -1.80. The molecule has 0 aromatic heterocycles. The molecule has 0 aliphatic heterocycles. The van der Waals surface area contributed by atoms with Crippen molar-refractivity contribution in [2.24, 2.45) is 0 Å². The Labute approximate surface area is 98.9 Å². The summed E-state index contributed by atoms with van der Waals surface area (Å²) in [6, 6.07) is 16.9. The zero-order valence-corrected chi connectivity index (χ0v) is 9.24. The van der Waals surface area contributed by atoms with Gasteiger partial charge >= 0.3 is 0 Å². The van der Waals surface area contributed by atoms with Crippen LogP contribution in [-0.4, -0.2) is 5.24 Å². The number of carbonyl (C=O) groups is 1. The number of rotatable bonds is 3. The zero-order valence-electron chi connectivity index (χ0n) is 8.48. The number of hydrogen-bond donors (Lipinski definition) is 1. The molecule has 80 valence electrons. The number of carbonyl (C=O) groups excluding carboxylic acids is 1. The molecular weight excluding hydrogens is 222 g/mol. The Morgan fingerprint density at radius 1 is 0.875 bits per heavy atom. The molecule has 2 aromatic rings. The molecule has 16 heavy (non-hydrogen) atoms. The Morgan fingerprint density at radius 2 is 1.44 bits per heavy atom. The molecule has 0 aliphatic rings. The highest BCUT2D eigenvalue weighted by molar-refractivity contribution is 6.67. The van der Waals surface area contributed by atoms with E-state index in [4.69, 9.17) is 11.6 Å². The maximum atomic E-state index is 10.9. The summed E-state index contributed by atoms with van der Waals surface area (Å²) in [7, 11) is 0. The van der Waals surface area contributed by atoms with Gasteiger partial charge in [-0.15, -0.1) is 0 Å². The van der Waals surface area contributed by atoms with E-state index < -0.39 is 5.24 Å². The number of benzene rings is 2. The smallest absolute Gasteiger partial charge is 0.252 e. The Morgan fingerprint density at radius 3 is 2.00 bits per heavy atom. The normalized spacial score (nSPS) is 9.81. The van der Waals surface area contributed by atoms with Crippen molar-refractivity contribution in [3.05, 3.63) is 60.2 Å². The molecule has 0 bridgehead atoms. The van der Waals surface area contributed by atoms with Gasteiger partial charge in [0.2, 0.25) is 0 Å². The average Bonchev–Trinajstić information content (AvgIpc) is 2.31. The predicted octanol–water partition coefficient (Wildman–Crippen LogP) is 3.81. The van der Waals surface area contributed by atoms with Gasteiger partial charge in [-0.1, -0.05) is 18.2 Å². The van der Waals surface area contributed by atoms with E-state index >= 15 is 0 Å². The SMILES string of the molecule is O=C(Cl)c1ccc(Nc2ccccc2)cc1. The van der Waals surface area contributed by atoms with Crippen molar-refractivity contribution >= 4 is 28.2 Å². The molecule has 0 saturated carbocycles. The average molecular weight is 232 g/mol. The monoisotopic (exact) mass is 231 g/mol. The second-order valence-corrected chi connectivity index (χ2v) is 3.69. The van der Waals surface area contributed by atoms with E-state index in [9.17, 15) is 4.79 Å². The van der Waals surface area contributed by atoms with E-state index in [1.165, 1.54) is 0 Å². The van der Waals surface area contributed by atoms with Crippen LogP contribution in [0.2, 0.25) is 0 Å². The predicted molar refractivity (Wildman–Crippen MR) is 66.4 cm³/mol.